The Morgan fingerprint density at radius 3 is 2.61 bits per heavy atom. The molecule has 8 unspecified atom stereocenters. The van der Waals surface area contributed by atoms with Gasteiger partial charge in [0.05, 0.1) is 12.2 Å². The number of carbonyl (C=O) groups excluding carboxylic acids is 2. The van der Waals surface area contributed by atoms with Crippen LogP contribution in [0.2, 0.25) is 0 Å². The third kappa shape index (κ3) is 6.18. The lowest BCUT2D eigenvalue weighted by molar-refractivity contribution is -0.143. The van der Waals surface area contributed by atoms with Crippen molar-refractivity contribution in [2.75, 3.05) is 6.61 Å². The summed E-state index contributed by atoms with van der Waals surface area (Å²) in [4.78, 5) is 24.1. The van der Waals surface area contributed by atoms with Gasteiger partial charge in [-0.2, -0.15) is 0 Å². The molecule has 0 saturated heterocycles. The molecule has 0 spiro atoms. The first-order valence-electron chi connectivity index (χ1n) is 15.7. The number of fused-ring (bicyclic) bond motifs is 5. The molecule has 4 aliphatic rings. The van der Waals surface area contributed by atoms with Crippen LogP contribution in [0.4, 0.5) is 0 Å². The lowest BCUT2D eigenvalue weighted by Gasteiger charge is -2.58. The molecule has 5 heteroatoms. The van der Waals surface area contributed by atoms with Crippen LogP contribution in [0.25, 0.3) is 0 Å². The summed E-state index contributed by atoms with van der Waals surface area (Å²) in [5, 5.41) is 13.6. The van der Waals surface area contributed by atoms with Gasteiger partial charge < -0.3 is 15.2 Å². The molecular formula is C33H55NO4. The molecule has 4 rings (SSSR count). The SMILES string of the molecule is CCOC(=O)CCCC(=O)NC1CCC2(C)C(=CCC3C2CCC2(C)C(C(C)CCC(C)(C)O)CCC32)C1. The van der Waals surface area contributed by atoms with Crippen LogP contribution >= 0.6 is 0 Å². The third-order valence-corrected chi connectivity index (χ3v) is 11.5. The van der Waals surface area contributed by atoms with Crippen molar-refractivity contribution >= 4 is 11.9 Å². The zero-order valence-electron chi connectivity index (χ0n) is 25.1. The van der Waals surface area contributed by atoms with Gasteiger partial charge in [0.25, 0.3) is 0 Å². The highest BCUT2D eigenvalue weighted by Gasteiger charge is 2.59. The fourth-order valence-electron chi connectivity index (χ4n) is 9.47. The molecule has 0 heterocycles. The van der Waals surface area contributed by atoms with E-state index in [0.29, 0.717) is 37.2 Å². The van der Waals surface area contributed by atoms with Crippen molar-refractivity contribution in [3.8, 4) is 0 Å². The number of nitrogens with one attached hydrogen (secondary N) is 1. The Morgan fingerprint density at radius 2 is 1.89 bits per heavy atom. The summed E-state index contributed by atoms with van der Waals surface area (Å²) in [5.41, 5.74) is 1.75. The van der Waals surface area contributed by atoms with Crippen LogP contribution in [-0.4, -0.2) is 35.2 Å². The molecule has 3 fully saturated rings. The van der Waals surface area contributed by atoms with E-state index in [1.165, 1.54) is 38.5 Å². The monoisotopic (exact) mass is 529 g/mol. The summed E-state index contributed by atoms with van der Waals surface area (Å²) >= 11 is 0. The molecule has 0 aromatic heterocycles. The van der Waals surface area contributed by atoms with Crippen molar-refractivity contribution in [3.63, 3.8) is 0 Å². The quantitative estimate of drug-likeness (QED) is 0.237. The molecule has 0 aromatic carbocycles. The predicted octanol–water partition coefficient (Wildman–Crippen LogP) is 6.97. The smallest absolute Gasteiger partial charge is 0.305 e. The van der Waals surface area contributed by atoms with Crippen molar-refractivity contribution in [2.45, 2.75) is 137 Å². The summed E-state index contributed by atoms with van der Waals surface area (Å²) in [6.45, 7) is 13.7. The van der Waals surface area contributed by atoms with Gasteiger partial charge in [-0.15, -0.1) is 0 Å². The van der Waals surface area contributed by atoms with E-state index in [4.69, 9.17) is 4.74 Å². The normalized spacial score (nSPS) is 37.3. The number of esters is 1. The maximum atomic E-state index is 12.6. The molecule has 0 radical (unpaired) electrons. The van der Waals surface area contributed by atoms with Crippen LogP contribution in [0, 0.1) is 40.4 Å². The molecular weight excluding hydrogens is 474 g/mol. The minimum Gasteiger partial charge on any atom is -0.466 e. The van der Waals surface area contributed by atoms with E-state index in [9.17, 15) is 14.7 Å². The average Bonchev–Trinajstić information content (AvgIpc) is 3.20. The zero-order valence-corrected chi connectivity index (χ0v) is 25.1. The summed E-state index contributed by atoms with van der Waals surface area (Å²) in [6.07, 6.45) is 15.7. The number of ether oxygens (including phenoxy) is 1. The average molecular weight is 530 g/mol. The van der Waals surface area contributed by atoms with Crippen LogP contribution in [0.1, 0.15) is 125 Å². The van der Waals surface area contributed by atoms with Gasteiger partial charge in [-0.25, -0.2) is 0 Å². The topological polar surface area (TPSA) is 75.6 Å². The number of hydrogen-bond donors (Lipinski definition) is 2. The second-order valence-electron chi connectivity index (χ2n) is 14.5. The summed E-state index contributed by atoms with van der Waals surface area (Å²) < 4.78 is 4.97. The van der Waals surface area contributed by atoms with Crippen molar-refractivity contribution in [2.24, 2.45) is 40.4 Å². The lowest BCUT2D eigenvalue weighted by Crippen LogP contribution is -2.52. The Balaban J connectivity index is 1.35. The fourth-order valence-corrected chi connectivity index (χ4v) is 9.47. The standard InChI is InChI=1S/C33H55NO4/c1-7-38-30(36)10-8-9-29(35)34-24-16-19-32(5)23(21-24)11-12-25-27-14-13-26(22(2)15-18-31(3,4)37)33(27,6)20-17-28(25)32/h11,22,24-28,37H,7-10,12-21H2,1-6H3,(H,34,35). The van der Waals surface area contributed by atoms with Crippen LogP contribution in [0.5, 0.6) is 0 Å². The first-order valence-corrected chi connectivity index (χ1v) is 15.7. The molecule has 5 nitrogen and oxygen atoms in total. The largest absolute Gasteiger partial charge is 0.466 e. The summed E-state index contributed by atoms with van der Waals surface area (Å²) in [5.74, 6) is 3.70. The van der Waals surface area contributed by atoms with Crippen molar-refractivity contribution in [1.82, 2.24) is 5.32 Å². The first kappa shape index (κ1) is 29.6. The molecule has 2 N–H and O–H groups in total. The van der Waals surface area contributed by atoms with Gasteiger partial charge in [-0.3, -0.25) is 9.59 Å². The van der Waals surface area contributed by atoms with E-state index in [2.05, 4.69) is 32.2 Å². The van der Waals surface area contributed by atoms with Gasteiger partial charge in [0.1, 0.15) is 0 Å². The van der Waals surface area contributed by atoms with Crippen LogP contribution in [0.15, 0.2) is 11.6 Å². The van der Waals surface area contributed by atoms with Gasteiger partial charge in [-0.05, 0) is 132 Å². The highest BCUT2D eigenvalue weighted by Crippen LogP contribution is 2.67. The Kier molecular flexibility index (Phi) is 9.06. The summed E-state index contributed by atoms with van der Waals surface area (Å²) in [7, 11) is 0. The maximum absolute atomic E-state index is 12.6. The Bertz CT molecular complexity index is 890. The molecule has 0 aliphatic heterocycles. The highest BCUT2D eigenvalue weighted by molar-refractivity contribution is 5.77. The summed E-state index contributed by atoms with van der Waals surface area (Å²) in [6, 6.07) is 0.224. The van der Waals surface area contributed by atoms with Crippen LogP contribution in [0.3, 0.4) is 0 Å². The lowest BCUT2D eigenvalue weighted by atomic mass is 9.47. The first-order chi connectivity index (χ1) is 17.9. The van der Waals surface area contributed by atoms with Crippen LogP contribution in [-0.2, 0) is 14.3 Å². The predicted molar refractivity (Wildman–Crippen MR) is 152 cm³/mol. The molecule has 3 saturated carbocycles. The van der Waals surface area contributed by atoms with Gasteiger partial charge in [0.15, 0.2) is 0 Å². The van der Waals surface area contributed by atoms with E-state index < -0.39 is 5.60 Å². The zero-order chi connectivity index (χ0) is 27.7. The molecule has 216 valence electrons. The molecule has 8 atom stereocenters. The van der Waals surface area contributed by atoms with E-state index >= 15 is 0 Å². The van der Waals surface area contributed by atoms with Crippen LogP contribution < -0.4 is 5.32 Å². The Labute approximate surface area is 231 Å². The number of hydrogen-bond acceptors (Lipinski definition) is 4. The molecule has 4 aliphatic carbocycles. The van der Waals surface area contributed by atoms with Crippen molar-refractivity contribution in [3.05, 3.63) is 11.6 Å². The Hall–Kier alpha value is -1.36. The minimum absolute atomic E-state index is 0.0707. The van der Waals surface area contributed by atoms with Gasteiger partial charge in [-0.1, -0.05) is 32.4 Å². The molecule has 0 bridgehead atoms. The fraction of sp³-hybridized carbons (Fsp3) is 0.879. The molecule has 1 amide bonds. The number of rotatable bonds is 10. The number of amides is 1. The highest BCUT2D eigenvalue weighted by atomic mass is 16.5. The second-order valence-corrected chi connectivity index (χ2v) is 14.5. The second kappa shape index (κ2) is 11.6. The Morgan fingerprint density at radius 1 is 1.13 bits per heavy atom. The number of allylic oxidation sites excluding steroid dienone is 1. The maximum Gasteiger partial charge on any atom is 0.305 e. The molecule has 0 aromatic rings. The van der Waals surface area contributed by atoms with Crippen molar-refractivity contribution < 1.29 is 19.4 Å². The minimum atomic E-state index is -0.565. The van der Waals surface area contributed by atoms with Crippen molar-refractivity contribution in [1.29, 1.82) is 0 Å². The van der Waals surface area contributed by atoms with E-state index in [-0.39, 0.29) is 23.3 Å². The van der Waals surface area contributed by atoms with E-state index in [0.717, 1.165) is 49.4 Å². The van der Waals surface area contributed by atoms with E-state index in [1.807, 2.05) is 20.8 Å². The number of aliphatic hydroxyl groups is 1. The van der Waals surface area contributed by atoms with E-state index in [1.54, 1.807) is 5.57 Å². The van der Waals surface area contributed by atoms with Gasteiger partial charge in [0.2, 0.25) is 5.91 Å². The van der Waals surface area contributed by atoms with Gasteiger partial charge >= 0.3 is 5.97 Å². The third-order valence-electron chi connectivity index (χ3n) is 11.5. The van der Waals surface area contributed by atoms with Gasteiger partial charge in [0, 0.05) is 18.9 Å². The molecule has 38 heavy (non-hydrogen) atoms. The number of carbonyl (C=O) groups is 2.